The van der Waals surface area contributed by atoms with Gasteiger partial charge in [-0.3, -0.25) is 4.79 Å². The molecule has 16 heavy (non-hydrogen) atoms. The molecule has 0 fully saturated rings. The Bertz CT molecular complexity index is 527. The lowest BCUT2D eigenvalue weighted by Gasteiger charge is -2.03. The summed E-state index contributed by atoms with van der Waals surface area (Å²) in [6, 6.07) is 5.40. The normalized spacial score (nSPS) is 10.3. The van der Waals surface area contributed by atoms with Crippen molar-refractivity contribution in [1.29, 1.82) is 0 Å². The van der Waals surface area contributed by atoms with E-state index in [0.717, 1.165) is 5.56 Å². The monoisotopic (exact) mass is 218 g/mol. The second-order valence-corrected chi connectivity index (χ2v) is 3.33. The van der Waals surface area contributed by atoms with Crippen LogP contribution in [0, 0.1) is 6.92 Å². The number of aryl methyl sites for hydroxylation is 1. The van der Waals surface area contributed by atoms with Crippen LogP contribution in [0.3, 0.4) is 0 Å². The van der Waals surface area contributed by atoms with E-state index in [1.807, 2.05) is 19.1 Å². The third-order valence-electron chi connectivity index (χ3n) is 2.17. The maximum atomic E-state index is 10.8. The highest BCUT2D eigenvalue weighted by atomic mass is 16.5. The maximum Gasteiger partial charge on any atom is 0.290 e. The zero-order chi connectivity index (χ0) is 11.7. The molecule has 0 saturated carbocycles. The van der Waals surface area contributed by atoms with Crippen LogP contribution in [0.2, 0.25) is 0 Å². The highest BCUT2D eigenvalue weighted by Crippen LogP contribution is 2.27. The SMILES string of the molecule is Cc1cccc(N)c1-c1nc(C(N)=O)no1. The second-order valence-electron chi connectivity index (χ2n) is 3.33. The number of hydrogen-bond donors (Lipinski definition) is 2. The fourth-order valence-corrected chi connectivity index (χ4v) is 1.41. The van der Waals surface area contributed by atoms with Crippen molar-refractivity contribution in [2.75, 3.05) is 5.73 Å². The molecule has 0 spiro atoms. The van der Waals surface area contributed by atoms with Crippen LogP contribution in [0.15, 0.2) is 22.7 Å². The third kappa shape index (κ3) is 1.60. The van der Waals surface area contributed by atoms with Crippen molar-refractivity contribution in [3.63, 3.8) is 0 Å². The first-order chi connectivity index (χ1) is 7.59. The van der Waals surface area contributed by atoms with Gasteiger partial charge in [-0.2, -0.15) is 4.98 Å². The third-order valence-corrected chi connectivity index (χ3v) is 2.17. The van der Waals surface area contributed by atoms with Crippen LogP contribution in [-0.4, -0.2) is 16.0 Å². The van der Waals surface area contributed by atoms with Gasteiger partial charge in [0.15, 0.2) is 0 Å². The number of nitrogens with two attached hydrogens (primary N) is 2. The Morgan fingerprint density at radius 1 is 1.44 bits per heavy atom. The van der Waals surface area contributed by atoms with Crippen LogP contribution >= 0.6 is 0 Å². The summed E-state index contributed by atoms with van der Waals surface area (Å²) in [6.07, 6.45) is 0. The molecule has 1 aromatic carbocycles. The molecule has 2 aromatic rings. The van der Waals surface area contributed by atoms with Crippen molar-refractivity contribution in [2.45, 2.75) is 6.92 Å². The van der Waals surface area contributed by atoms with Gasteiger partial charge in [0.05, 0.1) is 5.56 Å². The van der Waals surface area contributed by atoms with Crippen molar-refractivity contribution in [2.24, 2.45) is 5.73 Å². The fraction of sp³-hybridized carbons (Fsp3) is 0.100. The minimum atomic E-state index is -0.734. The van der Waals surface area contributed by atoms with Gasteiger partial charge < -0.3 is 16.0 Å². The van der Waals surface area contributed by atoms with Crippen LogP contribution in [0.4, 0.5) is 5.69 Å². The molecule has 82 valence electrons. The molecule has 0 aliphatic carbocycles. The molecule has 6 heteroatoms. The molecular weight excluding hydrogens is 208 g/mol. The average molecular weight is 218 g/mol. The number of rotatable bonds is 2. The zero-order valence-corrected chi connectivity index (χ0v) is 8.60. The summed E-state index contributed by atoms with van der Waals surface area (Å²) in [7, 11) is 0. The van der Waals surface area contributed by atoms with Crippen molar-refractivity contribution in [3.05, 3.63) is 29.6 Å². The van der Waals surface area contributed by atoms with Gasteiger partial charge >= 0.3 is 0 Å². The minimum Gasteiger partial charge on any atom is -0.398 e. The summed E-state index contributed by atoms with van der Waals surface area (Å²) in [5, 5.41) is 3.46. The molecule has 0 aliphatic heterocycles. The molecule has 1 heterocycles. The molecular formula is C10H10N4O2. The first kappa shape index (κ1) is 10.2. The van der Waals surface area contributed by atoms with Gasteiger partial charge in [0, 0.05) is 5.69 Å². The number of amides is 1. The Balaban J connectivity index is 2.54. The number of aromatic nitrogens is 2. The van der Waals surface area contributed by atoms with Crippen LogP contribution < -0.4 is 11.5 Å². The van der Waals surface area contributed by atoms with Gasteiger partial charge in [-0.1, -0.05) is 17.3 Å². The average Bonchev–Trinajstić information content (AvgIpc) is 2.66. The van der Waals surface area contributed by atoms with E-state index in [2.05, 4.69) is 10.1 Å². The van der Waals surface area contributed by atoms with Gasteiger partial charge in [-0.25, -0.2) is 0 Å². The van der Waals surface area contributed by atoms with Gasteiger partial charge in [-0.05, 0) is 18.6 Å². The Morgan fingerprint density at radius 3 is 2.75 bits per heavy atom. The Morgan fingerprint density at radius 2 is 2.19 bits per heavy atom. The first-order valence-electron chi connectivity index (χ1n) is 4.58. The lowest BCUT2D eigenvalue weighted by Crippen LogP contribution is -2.12. The van der Waals surface area contributed by atoms with E-state index >= 15 is 0 Å². The van der Waals surface area contributed by atoms with Gasteiger partial charge in [0.1, 0.15) is 0 Å². The van der Waals surface area contributed by atoms with Gasteiger partial charge in [0.2, 0.25) is 0 Å². The highest BCUT2D eigenvalue weighted by molar-refractivity contribution is 5.89. The van der Waals surface area contributed by atoms with Gasteiger partial charge in [-0.15, -0.1) is 0 Å². The van der Waals surface area contributed by atoms with Crippen molar-refractivity contribution >= 4 is 11.6 Å². The summed E-state index contributed by atoms with van der Waals surface area (Å²) in [5.74, 6) is -0.691. The summed E-state index contributed by atoms with van der Waals surface area (Å²) in [4.78, 5) is 14.7. The molecule has 1 amide bonds. The summed E-state index contributed by atoms with van der Waals surface area (Å²) >= 11 is 0. The molecule has 4 N–H and O–H groups in total. The smallest absolute Gasteiger partial charge is 0.290 e. The van der Waals surface area contributed by atoms with E-state index in [4.69, 9.17) is 16.0 Å². The fourth-order valence-electron chi connectivity index (χ4n) is 1.41. The van der Waals surface area contributed by atoms with Gasteiger partial charge in [0.25, 0.3) is 17.6 Å². The minimum absolute atomic E-state index is 0.155. The molecule has 0 atom stereocenters. The molecule has 0 saturated heterocycles. The Hall–Kier alpha value is -2.37. The quantitative estimate of drug-likeness (QED) is 0.722. The number of carbonyl (C=O) groups is 1. The summed E-state index contributed by atoms with van der Waals surface area (Å²) in [6.45, 7) is 1.86. The van der Waals surface area contributed by atoms with E-state index in [1.54, 1.807) is 6.07 Å². The molecule has 0 radical (unpaired) electrons. The number of benzene rings is 1. The van der Waals surface area contributed by atoms with E-state index in [-0.39, 0.29) is 11.7 Å². The zero-order valence-electron chi connectivity index (χ0n) is 8.60. The Labute approximate surface area is 91.2 Å². The molecule has 6 nitrogen and oxygen atoms in total. The standard InChI is InChI=1S/C10H10N4O2/c1-5-3-2-4-6(11)7(5)10-13-9(8(12)15)14-16-10/h2-4H,11H2,1H3,(H2,12,15). The predicted octanol–water partition coefficient (Wildman–Crippen LogP) is 0.726. The highest BCUT2D eigenvalue weighted by Gasteiger charge is 2.16. The van der Waals surface area contributed by atoms with E-state index in [1.165, 1.54) is 0 Å². The topological polar surface area (TPSA) is 108 Å². The van der Waals surface area contributed by atoms with Crippen LogP contribution in [-0.2, 0) is 0 Å². The van der Waals surface area contributed by atoms with Crippen LogP contribution in [0.1, 0.15) is 16.2 Å². The number of carbonyl (C=O) groups excluding carboxylic acids is 1. The largest absolute Gasteiger partial charge is 0.398 e. The van der Waals surface area contributed by atoms with Crippen molar-refractivity contribution in [3.8, 4) is 11.5 Å². The van der Waals surface area contributed by atoms with Crippen molar-refractivity contribution < 1.29 is 9.32 Å². The molecule has 0 unspecified atom stereocenters. The molecule has 0 bridgehead atoms. The molecule has 0 aliphatic rings. The first-order valence-corrected chi connectivity index (χ1v) is 4.58. The van der Waals surface area contributed by atoms with Crippen LogP contribution in [0.5, 0.6) is 0 Å². The number of nitrogens with zero attached hydrogens (tertiary/aromatic N) is 2. The summed E-state index contributed by atoms with van der Waals surface area (Å²) < 4.78 is 4.93. The number of primary amides is 1. The maximum absolute atomic E-state index is 10.8. The number of nitrogen functional groups attached to an aromatic ring is 1. The van der Waals surface area contributed by atoms with Crippen molar-refractivity contribution in [1.82, 2.24) is 10.1 Å². The molecule has 2 rings (SSSR count). The van der Waals surface area contributed by atoms with E-state index in [0.29, 0.717) is 11.3 Å². The predicted molar refractivity (Wildman–Crippen MR) is 57.4 cm³/mol. The number of hydrogen-bond acceptors (Lipinski definition) is 5. The van der Waals surface area contributed by atoms with Crippen LogP contribution in [0.25, 0.3) is 11.5 Å². The lowest BCUT2D eigenvalue weighted by molar-refractivity contribution is 0.0987. The second kappa shape index (κ2) is 3.65. The Kier molecular flexibility index (Phi) is 2.32. The molecule has 1 aromatic heterocycles. The number of anilines is 1. The summed E-state index contributed by atoms with van der Waals surface area (Å²) in [5.41, 5.74) is 12.9. The van der Waals surface area contributed by atoms with E-state index < -0.39 is 5.91 Å². The lowest BCUT2D eigenvalue weighted by atomic mass is 10.1. The van der Waals surface area contributed by atoms with E-state index in [9.17, 15) is 4.79 Å².